The summed E-state index contributed by atoms with van der Waals surface area (Å²) in [6, 6.07) is 13.2. The number of hydrogen-bond acceptors (Lipinski definition) is 3. The lowest BCUT2D eigenvalue weighted by Gasteiger charge is -2.07. The van der Waals surface area contributed by atoms with Crippen LogP contribution in [-0.4, -0.2) is 22.5 Å². The van der Waals surface area contributed by atoms with E-state index >= 15 is 0 Å². The van der Waals surface area contributed by atoms with Crippen molar-refractivity contribution in [3.05, 3.63) is 58.9 Å². The molecule has 0 amide bonds. The first-order chi connectivity index (χ1) is 10.1. The molecule has 3 aromatic rings. The van der Waals surface area contributed by atoms with Crippen LogP contribution in [0, 0.1) is 6.92 Å². The van der Waals surface area contributed by atoms with Gasteiger partial charge in [0.1, 0.15) is 11.5 Å². The number of hydrogen-bond donors (Lipinski definition) is 0. The second kappa shape index (κ2) is 5.22. The lowest BCUT2D eigenvalue weighted by Crippen LogP contribution is -2.08. The molecule has 0 fully saturated rings. The average molecular weight is 301 g/mol. The number of carbonyl (C=O) groups excluding carboxylic acids is 1. The van der Waals surface area contributed by atoms with E-state index < -0.39 is 5.97 Å². The van der Waals surface area contributed by atoms with Crippen molar-refractivity contribution >= 4 is 23.1 Å². The number of rotatable bonds is 2. The van der Waals surface area contributed by atoms with Crippen LogP contribution < -0.4 is 0 Å². The Hall–Kier alpha value is -2.33. The Bertz CT molecular complexity index is 822. The Balaban J connectivity index is 2.32. The Kier molecular flexibility index (Phi) is 3.39. The number of carbonyl (C=O) groups is 1. The van der Waals surface area contributed by atoms with Crippen molar-refractivity contribution in [1.82, 2.24) is 9.38 Å². The summed E-state index contributed by atoms with van der Waals surface area (Å²) in [4.78, 5) is 16.3. The number of nitrogens with zero attached hydrogens (tertiary/aromatic N) is 2. The van der Waals surface area contributed by atoms with Gasteiger partial charge in [0, 0.05) is 5.56 Å². The normalized spacial score (nSPS) is 10.8. The summed E-state index contributed by atoms with van der Waals surface area (Å²) in [6.07, 6.45) is 0. The van der Waals surface area contributed by atoms with Gasteiger partial charge in [0.25, 0.3) is 0 Å². The van der Waals surface area contributed by atoms with Crippen LogP contribution in [0.4, 0.5) is 0 Å². The predicted octanol–water partition coefficient (Wildman–Crippen LogP) is 3.75. The lowest BCUT2D eigenvalue weighted by molar-refractivity contribution is 0.0592. The number of aryl methyl sites for hydroxylation is 1. The second-order valence-corrected chi connectivity index (χ2v) is 5.07. The molecule has 2 heterocycles. The van der Waals surface area contributed by atoms with Gasteiger partial charge in [-0.3, -0.25) is 4.40 Å². The highest BCUT2D eigenvalue weighted by Gasteiger charge is 2.18. The number of pyridine rings is 1. The van der Waals surface area contributed by atoms with Crippen molar-refractivity contribution < 1.29 is 9.53 Å². The van der Waals surface area contributed by atoms with E-state index in [0.29, 0.717) is 22.2 Å². The highest BCUT2D eigenvalue weighted by molar-refractivity contribution is 6.33. The van der Waals surface area contributed by atoms with E-state index in [2.05, 4.69) is 4.98 Å². The van der Waals surface area contributed by atoms with E-state index in [-0.39, 0.29) is 0 Å². The maximum atomic E-state index is 12.0. The van der Waals surface area contributed by atoms with Crippen molar-refractivity contribution in [2.45, 2.75) is 6.92 Å². The number of ether oxygens (including phenoxy) is 1. The highest BCUT2D eigenvalue weighted by Crippen LogP contribution is 2.27. The third-order valence-electron chi connectivity index (χ3n) is 3.32. The van der Waals surface area contributed by atoms with Gasteiger partial charge in [-0.25, -0.2) is 9.78 Å². The molecule has 0 saturated heterocycles. The molecular formula is C16H13ClN2O2. The van der Waals surface area contributed by atoms with Gasteiger partial charge < -0.3 is 4.74 Å². The van der Waals surface area contributed by atoms with Gasteiger partial charge in [-0.15, -0.1) is 0 Å². The molecule has 0 radical (unpaired) electrons. The van der Waals surface area contributed by atoms with E-state index in [0.717, 1.165) is 11.1 Å². The van der Waals surface area contributed by atoms with Crippen LogP contribution in [0.15, 0.2) is 42.5 Å². The summed E-state index contributed by atoms with van der Waals surface area (Å²) in [5.74, 6) is 0.194. The molecule has 1 aromatic carbocycles. The Morgan fingerprint density at radius 1 is 1.19 bits per heavy atom. The molecule has 3 rings (SSSR count). The van der Waals surface area contributed by atoms with Crippen LogP contribution in [0.1, 0.15) is 16.1 Å². The molecule has 4 nitrogen and oxygen atoms in total. The molecule has 0 unspecified atom stereocenters. The standard InChI is InChI=1S/C16H13ClN2O2/c1-10-6-8-11(9-7-10)15-18-14(17)12-4-3-5-13(19(12)15)16(20)21-2/h3-9H,1-2H3. The fraction of sp³-hybridized carbons (Fsp3) is 0.125. The van der Waals surface area contributed by atoms with E-state index in [4.69, 9.17) is 16.3 Å². The highest BCUT2D eigenvalue weighted by atomic mass is 35.5. The predicted molar refractivity (Wildman–Crippen MR) is 81.7 cm³/mol. The summed E-state index contributed by atoms with van der Waals surface area (Å²) >= 11 is 6.19. The fourth-order valence-electron chi connectivity index (χ4n) is 2.26. The van der Waals surface area contributed by atoms with Crippen molar-refractivity contribution in [2.75, 3.05) is 7.11 Å². The molecule has 0 saturated carbocycles. The first-order valence-electron chi connectivity index (χ1n) is 6.44. The number of fused-ring (bicyclic) bond motifs is 1. The summed E-state index contributed by atoms with van der Waals surface area (Å²) in [6.45, 7) is 2.01. The topological polar surface area (TPSA) is 43.6 Å². The third kappa shape index (κ3) is 2.28. The zero-order chi connectivity index (χ0) is 15.0. The van der Waals surface area contributed by atoms with Crippen LogP contribution in [0.25, 0.3) is 16.9 Å². The monoisotopic (exact) mass is 300 g/mol. The smallest absolute Gasteiger partial charge is 0.355 e. The van der Waals surface area contributed by atoms with Crippen molar-refractivity contribution in [3.8, 4) is 11.4 Å². The van der Waals surface area contributed by atoms with E-state index in [1.165, 1.54) is 7.11 Å². The molecule has 0 N–H and O–H groups in total. The molecule has 5 heteroatoms. The number of esters is 1. The van der Waals surface area contributed by atoms with Crippen molar-refractivity contribution in [2.24, 2.45) is 0 Å². The molecule has 0 aliphatic rings. The van der Waals surface area contributed by atoms with Gasteiger partial charge in [-0.2, -0.15) is 0 Å². The van der Waals surface area contributed by atoms with Crippen LogP contribution in [0.3, 0.4) is 0 Å². The van der Waals surface area contributed by atoms with Gasteiger partial charge in [0.05, 0.1) is 12.6 Å². The van der Waals surface area contributed by atoms with Crippen LogP contribution in [-0.2, 0) is 4.74 Å². The molecular weight excluding hydrogens is 288 g/mol. The van der Waals surface area contributed by atoms with Gasteiger partial charge in [0.15, 0.2) is 5.15 Å². The van der Waals surface area contributed by atoms with Gasteiger partial charge in [-0.1, -0.05) is 47.5 Å². The summed E-state index contributed by atoms with van der Waals surface area (Å²) in [7, 11) is 1.35. The minimum atomic E-state index is -0.428. The molecule has 0 bridgehead atoms. The molecule has 21 heavy (non-hydrogen) atoms. The van der Waals surface area contributed by atoms with Gasteiger partial charge in [0.2, 0.25) is 0 Å². The number of methoxy groups -OCH3 is 1. The van der Waals surface area contributed by atoms with Gasteiger partial charge >= 0.3 is 5.97 Å². The number of halogens is 1. The zero-order valence-corrected chi connectivity index (χ0v) is 12.4. The van der Waals surface area contributed by atoms with Crippen molar-refractivity contribution in [3.63, 3.8) is 0 Å². The van der Waals surface area contributed by atoms with Crippen LogP contribution in [0.5, 0.6) is 0 Å². The molecule has 0 aliphatic heterocycles. The average Bonchev–Trinajstić information content (AvgIpc) is 2.85. The van der Waals surface area contributed by atoms with E-state index in [1.807, 2.05) is 37.3 Å². The van der Waals surface area contributed by atoms with Gasteiger partial charge in [-0.05, 0) is 19.1 Å². The summed E-state index contributed by atoms with van der Waals surface area (Å²) < 4.78 is 6.55. The van der Waals surface area contributed by atoms with Crippen LogP contribution in [0.2, 0.25) is 5.15 Å². The molecule has 106 valence electrons. The van der Waals surface area contributed by atoms with Crippen LogP contribution >= 0.6 is 11.6 Å². The largest absolute Gasteiger partial charge is 0.464 e. The first kappa shape index (κ1) is 13.6. The Morgan fingerprint density at radius 2 is 1.90 bits per heavy atom. The fourth-order valence-corrected chi connectivity index (χ4v) is 2.49. The number of benzene rings is 1. The lowest BCUT2D eigenvalue weighted by atomic mass is 10.1. The molecule has 2 aromatic heterocycles. The Labute approximate surface area is 126 Å². The van der Waals surface area contributed by atoms with E-state index in [1.54, 1.807) is 16.5 Å². The third-order valence-corrected chi connectivity index (χ3v) is 3.60. The minimum Gasteiger partial charge on any atom is -0.464 e. The maximum absolute atomic E-state index is 12.0. The quantitative estimate of drug-likeness (QED) is 0.677. The molecule has 0 aliphatic carbocycles. The number of aromatic nitrogens is 2. The second-order valence-electron chi connectivity index (χ2n) is 4.72. The summed E-state index contributed by atoms with van der Waals surface area (Å²) in [5, 5.41) is 0.358. The number of imidazole rings is 1. The molecule has 0 atom stereocenters. The first-order valence-corrected chi connectivity index (χ1v) is 6.82. The minimum absolute atomic E-state index is 0.358. The summed E-state index contributed by atoms with van der Waals surface area (Å²) in [5.41, 5.74) is 3.11. The maximum Gasteiger partial charge on any atom is 0.355 e. The molecule has 0 spiro atoms. The van der Waals surface area contributed by atoms with E-state index in [9.17, 15) is 4.79 Å². The van der Waals surface area contributed by atoms with Crippen molar-refractivity contribution in [1.29, 1.82) is 0 Å². The SMILES string of the molecule is COC(=O)c1cccc2c(Cl)nc(-c3ccc(C)cc3)n12. The Morgan fingerprint density at radius 3 is 2.57 bits per heavy atom. The zero-order valence-electron chi connectivity index (χ0n) is 11.6.